The maximum absolute atomic E-state index is 12.1. The Morgan fingerprint density at radius 3 is 2.59 bits per heavy atom. The van der Waals surface area contributed by atoms with Crippen molar-refractivity contribution in [2.45, 2.75) is 6.42 Å². The molecule has 2 N–H and O–H groups in total. The Kier molecular flexibility index (Phi) is 5.13. The van der Waals surface area contributed by atoms with E-state index in [0.717, 1.165) is 11.3 Å². The molecule has 7 nitrogen and oxygen atoms in total. The summed E-state index contributed by atoms with van der Waals surface area (Å²) in [5.41, 5.74) is 1.84. The molecule has 1 aromatic heterocycles. The summed E-state index contributed by atoms with van der Waals surface area (Å²) >= 11 is 0. The minimum atomic E-state index is -0.372. The maximum Gasteiger partial charge on any atom is 0.307 e. The largest absolute Gasteiger partial charge is 0.497 e. The van der Waals surface area contributed by atoms with Gasteiger partial charge in [0, 0.05) is 12.1 Å². The number of carbonyl (C=O) groups is 2. The first-order valence-corrected chi connectivity index (χ1v) is 6.68. The number of hydrogen-bond acceptors (Lipinski definition) is 5. The molecule has 0 aliphatic heterocycles. The van der Waals surface area contributed by atoms with Crippen molar-refractivity contribution < 1.29 is 19.1 Å². The average molecular weight is 303 g/mol. The number of aromatic nitrogens is 2. The van der Waals surface area contributed by atoms with Crippen molar-refractivity contribution in [3.05, 3.63) is 36.0 Å². The van der Waals surface area contributed by atoms with Crippen molar-refractivity contribution in [3.63, 3.8) is 0 Å². The highest BCUT2D eigenvalue weighted by Crippen LogP contribution is 2.23. The Balaban J connectivity index is 2.07. The topological polar surface area (TPSA) is 93.3 Å². The first kappa shape index (κ1) is 15.6. The van der Waals surface area contributed by atoms with Crippen molar-refractivity contribution in [2.24, 2.45) is 0 Å². The Labute approximate surface area is 127 Å². The summed E-state index contributed by atoms with van der Waals surface area (Å²) in [5.74, 6) is 0.0543. The minimum Gasteiger partial charge on any atom is -0.497 e. The second-order valence-corrected chi connectivity index (χ2v) is 4.47. The summed E-state index contributed by atoms with van der Waals surface area (Å²) < 4.78 is 9.62. The molecule has 1 amide bonds. The van der Waals surface area contributed by atoms with Crippen LogP contribution in [0.3, 0.4) is 0 Å². The molecule has 0 fully saturated rings. The summed E-state index contributed by atoms with van der Waals surface area (Å²) in [7, 11) is 2.90. The molecule has 22 heavy (non-hydrogen) atoms. The van der Waals surface area contributed by atoms with E-state index in [1.165, 1.54) is 13.3 Å². The average Bonchev–Trinajstić information content (AvgIpc) is 3.04. The number of benzene rings is 1. The highest BCUT2D eigenvalue weighted by molar-refractivity contribution is 5.99. The van der Waals surface area contributed by atoms with E-state index in [1.54, 1.807) is 19.2 Å². The van der Waals surface area contributed by atoms with E-state index in [-0.39, 0.29) is 24.8 Å². The van der Waals surface area contributed by atoms with Crippen molar-refractivity contribution >= 4 is 11.9 Å². The van der Waals surface area contributed by atoms with Gasteiger partial charge in [-0.15, -0.1) is 0 Å². The van der Waals surface area contributed by atoms with Crippen LogP contribution in [0.4, 0.5) is 0 Å². The molecule has 2 rings (SSSR count). The van der Waals surface area contributed by atoms with Crippen LogP contribution in [-0.2, 0) is 9.53 Å². The van der Waals surface area contributed by atoms with Gasteiger partial charge in [0.25, 0.3) is 5.91 Å². The van der Waals surface area contributed by atoms with Crippen LogP contribution < -0.4 is 10.1 Å². The van der Waals surface area contributed by atoms with E-state index in [9.17, 15) is 9.59 Å². The number of esters is 1. The van der Waals surface area contributed by atoms with E-state index >= 15 is 0 Å². The van der Waals surface area contributed by atoms with Crippen LogP contribution in [0, 0.1) is 0 Å². The van der Waals surface area contributed by atoms with Gasteiger partial charge in [-0.1, -0.05) is 0 Å². The van der Waals surface area contributed by atoms with Crippen molar-refractivity contribution in [1.29, 1.82) is 0 Å². The van der Waals surface area contributed by atoms with E-state index in [2.05, 4.69) is 20.3 Å². The lowest BCUT2D eigenvalue weighted by Gasteiger charge is -2.06. The number of ether oxygens (including phenoxy) is 2. The zero-order chi connectivity index (χ0) is 15.9. The molecule has 0 saturated heterocycles. The zero-order valence-electron chi connectivity index (χ0n) is 12.4. The molecule has 2 aromatic rings. The molecule has 0 spiro atoms. The first-order valence-electron chi connectivity index (χ1n) is 6.68. The second kappa shape index (κ2) is 7.26. The number of methoxy groups -OCH3 is 2. The SMILES string of the molecule is COC(=O)CCNC(=O)c1cn[nH]c1-c1ccc(OC)cc1. The Hall–Kier alpha value is -2.83. The molecule has 1 heterocycles. The number of H-pyrrole nitrogens is 1. The summed E-state index contributed by atoms with van der Waals surface area (Å²) in [5, 5.41) is 9.38. The number of nitrogens with one attached hydrogen (secondary N) is 2. The molecule has 0 aliphatic rings. The second-order valence-electron chi connectivity index (χ2n) is 4.47. The van der Waals surface area contributed by atoms with Gasteiger partial charge in [-0.3, -0.25) is 14.7 Å². The Bertz CT molecular complexity index is 649. The fraction of sp³-hybridized carbons (Fsp3) is 0.267. The van der Waals surface area contributed by atoms with Crippen LogP contribution in [0.2, 0.25) is 0 Å². The number of rotatable bonds is 6. The Morgan fingerprint density at radius 2 is 1.95 bits per heavy atom. The third kappa shape index (κ3) is 3.63. The van der Waals surface area contributed by atoms with Gasteiger partial charge in [0.2, 0.25) is 0 Å². The first-order chi connectivity index (χ1) is 10.7. The number of carbonyl (C=O) groups excluding carboxylic acids is 2. The number of hydrogen-bond donors (Lipinski definition) is 2. The molecule has 0 bridgehead atoms. The normalized spacial score (nSPS) is 10.1. The molecule has 116 valence electrons. The predicted molar refractivity (Wildman–Crippen MR) is 79.5 cm³/mol. The number of nitrogens with zero attached hydrogens (tertiary/aromatic N) is 1. The molecule has 0 saturated carbocycles. The van der Waals surface area contributed by atoms with Gasteiger partial charge >= 0.3 is 5.97 Å². The van der Waals surface area contributed by atoms with Gasteiger partial charge in [0.1, 0.15) is 5.75 Å². The van der Waals surface area contributed by atoms with Crippen LogP contribution in [0.15, 0.2) is 30.5 Å². The third-order valence-electron chi connectivity index (χ3n) is 3.11. The molecule has 0 atom stereocenters. The third-order valence-corrected chi connectivity index (χ3v) is 3.11. The molecule has 0 radical (unpaired) electrons. The number of aromatic amines is 1. The van der Waals surface area contributed by atoms with Gasteiger partial charge in [0.15, 0.2) is 0 Å². The van der Waals surface area contributed by atoms with Gasteiger partial charge in [-0.25, -0.2) is 0 Å². The van der Waals surface area contributed by atoms with Crippen LogP contribution in [0.25, 0.3) is 11.3 Å². The quantitative estimate of drug-likeness (QED) is 0.786. The van der Waals surface area contributed by atoms with Crippen molar-refractivity contribution in [3.8, 4) is 17.0 Å². The lowest BCUT2D eigenvalue weighted by atomic mass is 10.1. The fourth-order valence-corrected chi connectivity index (χ4v) is 1.91. The standard InChI is InChI=1S/C15H17N3O4/c1-21-11-5-3-10(4-6-11)14-12(9-17-18-14)15(20)16-8-7-13(19)22-2/h3-6,9H,7-8H2,1-2H3,(H,16,20)(H,17,18). The molecule has 0 aliphatic carbocycles. The minimum absolute atomic E-state index is 0.123. The summed E-state index contributed by atoms with van der Waals surface area (Å²) in [6.07, 6.45) is 1.57. The lowest BCUT2D eigenvalue weighted by Crippen LogP contribution is -2.26. The van der Waals surface area contributed by atoms with Gasteiger partial charge in [-0.2, -0.15) is 5.10 Å². The van der Waals surface area contributed by atoms with Gasteiger partial charge in [-0.05, 0) is 24.3 Å². The fourth-order valence-electron chi connectivity index (χ4n) is 1.91. The van der Waals surface area contributed by atoms with Gasteiger partial charge in [0.05, 0.1) is 38.1 Å². The summed E-state index contributed by atoms with van der Waals surface area (Å²) in [6, 6.07) is 7.26. The smallest absolute Gasteiger partial charge is 0.307 e. The predicted octanol–water partition coefficient (Wildman–Crippen LogP) is 1.38. The van der Waals surface area contributed by atoms with E-state index in [1.807, 2.05) is 12.1 Å². The molecule has 1 aromatic carbocycles. The zero-order valence-corrected chi connectivity index (χ0v) is 12.4. The molecular weight excluding hydrogens is 286 g/mol. The van der Waals surface area contributed by atoms with E-state index in [4.69, 9.17) is 4.74 Å². The van der Waals surface area contributed by atoms with Crippen LogP contribution in [-0.4, -0.2) is 42.8 Å². The van der Waals surface area contributed by atoms with E-state index in [0.29, 0.717) is 11.3 Å². The Morgan fingerprint density at radius 1 is 1.23 bits per heavy atom. The monoisotopic (exact) mass is 303 g/mol. The lowest BCUT2D eigenvalue weighted by molar-refractivity contribution is -0.140. The van der Waals surface area contributed by atoms with Crippen molar-refractivity contribution in [1.82, 2.24) is 15.5 Å². The van der Waals surface area contributed by atoms with Crippen molar-refractivity contribution in [2.75, 3.05) is 20.8 Å². The molecular formula is C15H17N3O4. The van der Waals surface area contributed by atoms with E-state index < -0.39 is 0 Å². The van der Waals surface area contributed by atoms with Crippen LogP contribution in [0.5, 0.6) is 5.75 Å². The van der Waals surface area contributed by atoms with Gasteiger partial charge < -0.3 is 14.8 Å². The van der Waals surface area contributed by atoms with Crippen LogP contribution in [0.1, 0.15) is 16.8 Å². The van der Waals surface area contributed by atoms with Crippen LogP contribution >= 0.6 is 0 Å². The summed E-state index contributed by atoms with van der Waals surface area (Å²) in [6.45, 7) is 0.207. The summed E-state index contributed by atoms with van der Waals surface area (Å²) in [4.78, 5) is 23.2. The molecule has 0 unspecified atom stereocenters. The molecule has 7 heteroatoms. The maximum atomic E-state index is 12.1. The number of amides is 1. The highest BCUT2D eigenvalue weighted by atomic mass is 16.5. The highest BCUT2D eigenvalue weighted by Gasteiger charge is 2.15.